The van der Waals surface area contributed by atoms with Gasteiger partial charge in [-0.2, -0.15) is 0 Å². The molecule has 0 atom stereocenters. The van der Waals surface area contributed by atoms with Crippen molar-refractivity contribution >= 4 is 17.4 Å². The second-order valence-corrected chi connectivity index (χ2v) is 5.92. The zero-order chi connectivity index (χ0) is 17.4. The second-order valence-electron chi connectivity index (χ2n) is 5.92. The first-order chi connectivity index (χ1) is 11.6. The molecular weight excluding hydrogens is 302 g/mol. The number of para-hydroxylation sites is 2. The molecule has 0 aliphatic heterocycles. The van der Waals surface area contributed by atoms with Gasteiger partial charge in [0.1, 0.15) is 11.6 Å². The molecule has 0 saturated heterocycles. The summed E-state index contributed by atoms with van der Waals surface area (Å²) in [7, 11) is 0. The van der Waals surface area contributed by atoms with Gasteiger partial charge >= 0.3 is 0 Å². The van der Waals surface area contributed by atoms with Crippen LogP contribution in [0, 0.1) is 5.92 Å². The fourth-order valence-electron chi connectivity index (χ4n) is 2.20. The van der Waals surface area contributed by atoms with E-state index in [0.717, 1.165) is 13.0 Å². The van der Waals surface area contributed by atoms with E-state index < -0.39 is 0 Å². The fourth-order valence-corrected chi connectivity index (χ4v) is 2.20. The van der Waals surface area contributed by atoms with Gasteiger partial charge in [-0.15, -0.1) is 0 Å². The van der Waals surface area contributed by atoms with Gasteiger partial charge in [0.15, 0.2) is 0 Å². The van der Waals surface area contributed by atoms with Crippen molar-refractivity contribution in [3.05, 3.63) is 48.2 Å². The fraction of sp³-hybridized carbons (Fsp3) is 0.368. The summed E-state index contributed by atoms with van der Waals surface area (Å²) in [5.41, 5.74) is 1.22. The average Bonchev–Trinajstić information content (AvgIpc) is 2.57. The summed E-state index contributed by atoms with van der Waals surface area (Å²) in [5, 5.41) is 6.14. The Labute approximate surface area is 143 Å². The van der Waals surface area contributed by atoms with Gasteiger partial charge < -0.3 is 15.4 Å². The van der Waals surface area contributed by atoms with E-state index in [-0.39, 0.29) is 5.91 Å². The number of anilines is 2. The molecule has 1 aromatic carbocycles. The van der Waals surface area contributed by atoms with Gasteiger partial charge in [-0.25, -0.2) is 4.98 Å². The van der Waals surface area contributed by atoms with Crippen molar-refractivity contribution in [2.75, 3.05) is 23.8 Å². The maximum Gasteiger partial charge on any atom is 0.255 e. The van der Waals surface area contributed by atoms with Crippen molar-refractivity contribution in [2.24, 2.45) is 5.92 Å². The summed E-state index contributed by atoms with van der Waals surface area (Å²) in [6.07, 6.45) is 2.70. The van der Waals surface area contributed by atoms with Crippen LogP contribution in [0.5, 0.6) is 5.75 Å². The molecule has 2 N–H and O–H groups in total. The average molecular weight is 327 g/mol. The number of rotatable bonds is 8. The standard InChI is InChI=1S/C19H25N3O2/c1-4-24-17-8-6-5-7-16(17)22-19(23)15-10-12-21-18(13-15)20-11-9-14(2)3/h5-8,10,12-14H,4,9,11H2,1-3H3,(H,20,21)(H,22,23). The maximum absolute atomic E-state index is 12.5. The second kappa shape index (κ2) is 8.91. The summed E-state index contributed by atoms with van der Waals surface area (Å²) < 4.78 is 5.53. The zero-order valence-electron chi connectivity index (χ0n) is 14.5. The van der Waals surface area contributed by atoms with Crippen LogP contribution in [0.1, 0.15) is 37.6 Å². The Morgan fingerprint density at radius 2 is 2.04 bits per heavy atom. The Bertz CT molecular complexity index is 671. The molecule has 0 bridgehead atoms. The van der Waals surface area contributed by atoms with Crippen molar-refractivity contribution in [3.63, 3.8) is 0 Å². The number of hydrogen-bond donors (Lipinski definition) is 2. The van der Waals surface area contributed by atoms with Crippen molar-refractivity contribution in [1.82, 2.24) is 4.98 Å². The number of nitrogens with one attached hydrogen (secondary N) is 2. The molecule has 0 fully saturated rings. The van der Waals surface area contributed by atoms with Gasteiger partial charge in [0, 0.05) is 18.3 Å². The highest BCUT2D eigenvalue weighted by Gasteiger charge is 2.10. The minimum absolute atomic E-state index is 0.184. The van der Waals surface area contributed by atoms with Crippen molar-refractivity contribution in [3.8, 4) is 5.75 Å². The number of ether oxygens (including phenoxy) is 1. The third kappa shape index (κ3) is 5.26. The quantitative estimate of drug-likeness (QED) is 0.763. The zero-order valence-corrected chi connectivity index (χ0v) is 14.5. The lowest BCUT2D eigenvalue weighted by molar-refractivity contribution is 0.102. The minimum atomic E-state index is -0.184. The van der Waals surface area contributed by atoms with Crippen molar-refractivity contribution < 1.29 is 9.53 Å². The molecule has 0 saturated carbocycles. The lowest BCUT2D eigenvalue weighted by Gasteiger charge is -2.12. The van der Waals surface area contributed by atoms with Crippen LogP contribution in [0.4, 0.5) is 11.5 Å². The van der Waals surface area contributed by atoms with Gasteiger partial charge in [-0.1, -0.05) is 26.0 Å². The highest BCUT2D eigenvalue weighted by atomic mass is 16.5. The lowest BCUT2D eigenvalue weighted by atomic mass is 10.1. The first-order valence-corrected chi connectivity index (χ1v) is 8.33. The molecule has 0 spiro atoms. The molecule has 1 aromatic heterocycles. The van der Waals surface area contributed by atoms with Gasteiger partial charge in [0.2, 0.25) is 0 Å². The van der Waals surface area contributed by atoms with Crippen LogP contribution in [0.3, 0.4) is 0 Å². The van der Waals surface area contributed by atoms with Gasteiger partial charge in [0.25, 0.3) is 5.91 Å². The van der Waals surface area contributed by atoms with Gasteiger partial charge in [-0.05, 0) is 43.5 Å². The highest BCUT2D eigenvalue weighted by molar-refractivity contribution is 6.05. The van der Waals surface area contributed by atoms with E-state index in [1.54, 1.807) is 18.3 Å². The minimum Gasteiger partial charge on any atom is -0.492 e. The number of aromatic nitrogens is 1. The maximum atomic E-state index is 12.5. The molecule has 5 heteroatoms. The van der Waals surface area contributed by atoms with E-state index >= 15 is 0 Å². The van der Waals surface area contributed by atoms with E-state index in [9.17, 15) is 4.79 Å². The number of carbonyl (C=O) groups excluding carboxylic acids is 1. The first kappa shape index (κ1) is 17.8. The summed E-state index contributed by atoms with van der Waals surface area (Å²) in [6, 6.07) is 10.9. The Kier molecular flexibility index (Phi) is 6.61. The van der Waals surface area contributed by atoms with Crippen LogP contribution in [0.15, 0.2) is 42.6 Å². The highest BCUT2D eigenvalue weighted by Crippen LogP contribution is 2.24. The molecule has 5 nitrogen and oxygen atoms in total. The van der Waals surface area contributed by atoms with E-state index in [1.165, 1.54) is 0 Å². The largest absolute Gasteiger partial charge is 0.492 e. The number of hydrogen-bond acceptors (Lipinski definition) is 4. The molecule has 128 valence electrons. The molecule has 24 heavy (non-hydrogen) atoms. The molecule has 1 amide bonds. The van der Waals surface area contributed by atoms with Crippen LogP contribution in [-0.4, -0.2) is 24.0 Å². The normalized spacial score (nSPS) is 10.5. The summed E-state index contributed by atoms with van der Waals surface area (Å²) >= 11 is 0. The number of benzene rings is 1. The summed E-state index contributed by atoms with van der Waals surface area (Å²) in [4.78, 5) is 16.7. The van der Waals surface area contributed by atoms with E-state index in [1.807, 2.05) is 31.2 Å². The third-order valence-corrected chi connectivity index (χ3v) is 3.49. The molecule has 0 radical (unpaired) electrons. The van der Waals surface area contributed by atoms with Crippen molar-refractivity contribution in [1.29, 1.82) is 0 Å². The molecule has 0 unspecified atom stereocenters. The predicted octanol–water partition coefficient (Wildman–Crippen LogP) is 4.19. The molecular formula is C19H25N3O2. The summed E-state index contributed by atoms with van der Waals surface area (Å²) in [6.45, 7) is 7.65. The number of pyridine rings is 1. The topological polar surface area (TPSA) is 63.2 Å². The van der Waals surface area contributed by atoms with Crippen molar-refractivity contribution in [2.45, 2.75) is 27.2 Å². The van der Waals surface area contributed by atoms with Crippen LogP contribution >= 0.6 is 0 Å². The SMILES string of the molecule is CCOc1ccccc1NC(=O)c1ccnc(NCCC(C)C)c1. The van der Waals surface area contributed by atoms with E-state index in [2.05, 4.69) is 29.5 Å². The first-order valence-electron chi connectivity index (χ1n) is 8.33. The van der Waals surface area contributed by atoms with Crippen LogP contribution < -0.4 is 15.4 Å². The molecule has 0 aliphatic carbocycles. The van der Waals surface area contributed by atoms with Gasteiger partial charge in [0.05, 0.1) is 12.3 Å². The Hall–Kier alpha value is -2.56. The van der Waals surface area contributed by atoms with Crippen LogP contribution in [-0.2, 0) is 0 Å². The number of nitrogens with zero attached hydrogens (tertiary/aromatic N) is 1. The Morgan fingerprint density at radius 1 is 1.25 bits per heavy atom. The van der Waals surface area contributed by atoms with Crippen LogP contribution in [0.25, 0.3) is 0 Å². The number of carbonyl (C=O) groups is 1. The molecule has 2 rings (SSSR count). The van der Waals surface area contributed by atoms with E-state index in [4.69, 9.17) is 4.74 Å². The third-order valence-electron chi connectivity index (χ3n) is 3.49. The van der Waals surface area contributed by atoms with Gasteiger partial charge in [-0.3, -0.25) is 4.79 Å². The molecule has 2 aromatic rings. The Balaban J connectivity index is 2.05. The molecule has 0 aliphatic rings. The predicted molar refractivity (Wildman–Crippen MR) is 97.7 cm³/mol. The smallest absolute Gasteiger partial charge is 0.255 e. The monoisotopic (exact) mass is 327 g/mol. The Morgan fingerprint density at radius 3 is 2.79 bits per heavy atom. The lowest BCUT2D eigenvalue weighted by Crippen LogP contribution is -2.14. The van der Waals surface area contributed by atoms with E-state index in [0.29, 0.717) is 35.3 Å². The number of amides is 1. The summed E-state index contributed by atoms with van der Waals surface area (Å²) in [5.74, 6) is 1.81. The molecule has 1 heterocycles. The van der Waals surface area contributed by atoms with Crippen LogP contribution in [0.2, 0.25) is 0 Å².